The lowest BCUT2D eigenvalue weighted by Crippen LogP contribution is -2.27. The standard InChI is InChI=1S/C21H22N2O/c1-21(2,23-14-15-6-5-9-19(22)12-15)20(24)18-11-10-16-7-3-4-8-17(16)13-18/h3-14,20,24H,22H2,1-2H3. The zero-order valence-electron chi connectivity index (χ0n) is 14.0. The molecule has 0 amide bonds. The van der Waals surface area contributed by atoms with Crippen LogP contribution in [0.5, 0.6) is 0 Å². The van der Waals surface area contributed by atoms with E-state index in [0.29, 0.717) is 5.69 Å². The Kier molecular flexibility index (Phi) is 4.36. The molecule has 24 heavy (non-hydrogen) atoms. The van der Waals surface area contributed by atoms with Crippen LogP contribution < -0.4 is 5.73 Å². The number of hydrogen-bond acceptors (Lipinski definition) is 3. The summed E-state index contributed by atoms with van der Waals surface area (Å²) < 4.78 is 0. The number of aliphatic imine (C=N–C) groups is 1. The van der Waals surface area contributed by atoms with Crippen LogP contribution >= 0.6 is 0 Å². The third kappa shape index (κ3) is 3.47. The van der Waals surface area contributed by atoms with Crippen molar-refractivity contribution in [3.8, 4) is 0 Å². The van der Waals surface area contributed by atoms with Gasteiger partial charge in [-0.2, -0.15) is 0 Å². The fourth-order valence-electron chi connectivity index (χ4n) is 2.74. The molecule has 0 fully saturated rings. The molecule has 0 aliphatic carbocycles. The first kappa shape index (κ1) is 16.2. The summed E-state index contributed by atoms with van der Waals surface area (Å²) in [5.74, 6) is 0. The summed E-state index contributed by atoms with van der Waals surface area (Å²) in [4.78, 5) is 4.59. The highest BCUT2D eigenvalue weighted by molar-refractivity contribution is 5.83. The van der Waals surface area contributed by atoms with Crippen LogP contribution in [0.25, 0.3) is 10.8 Å². The van der Waals surface area contributed by atoms with E-state index < -0.39 is 11.6 Å². The van der Waals surface area contributed by atoms with Gasteiger partial charge in [0.25, 0.3) is 0 Å². The molecule has 0 heterocycles. The molecule has 3 rings (SSSR count). The van der Waals surface area contributed by atoms with Crippen molar-refractivity contribution in [2.45, 2.75) is 25.5 Å². The van der Waals surface area contributed by atoms with E-state index in [2.05, 4.69) is 17.1 Å². The van der Waals surface area contributed by atoms with Gasteiger partial charge in [-0.25, -0.2) is 0 Å². The minimum Gasteiger partial charge on any atom is -0.399 e. The monoisotopic (exact) mass is 318 g/mol. The number of hydrogen-bond donors (Lipinski definition) is 2. The van der Waals surface area contributed by atoms with Gasteiger partial charge in [-0.1, -0.05) is 48.5 Å². The zero-order valence-corrected chi connectivity index (χ0v) is 14.0. The Balaban J connectivity index is 1.87. The van der Waals surface area contributed by atoms with Crippen molar-refractivity contribution in [1.29, 1.82) is 0 Å². The van der Waals surface area contributed by atoms with Crippen LogP contribution in [-0.2, 0) is 0 Å². The summed E-state index contributed by atoms with van der Waals surface area (Å²) in [6.45, 7) is 3.85. The SMILES string of the molecule is CC(C)(N=Cc1cccc(N)c1)C(O)c1ccc2ccccc2c1. The average molecular weight is 318 g/mol. The first-order valence-electron chi connectivity index (χ1n) is 8.03. The summed E-state index contributed by atoms with van der Waals surface area (Å²) in [6, 6.07) is 21.7. The molecule has 122 valence electrons. The summed E-state index contributed by atoms with van der Waals surface area (Å²) in [5.41, 5.74) is 7.63. The van der Waals surface area contributed by atoms with Crippen LogP contribution in [0.3, 0.4) is 0 Å². The van der Waals surface area contributed by atoms with Gasteiger partial charge in [-0.05, 0) is 53.9 Å². The van der Waals surface area contributed by atoms with E-state index in [1.54, 1.807) is 6.21 Å². The summed E-state index contributed by atoms with van der Waals surface area (Å²) in [6.07, 6.45) is 1.07. The van der Waals surface area contributed by atoms with Gasteiger partial charge in [-0.3, -0.25) is 4.99 Å². The average Bonchev–Trinajstić information content (AvgIpc) is 2.59. The molecule has 3 heteroatoms. The predicted octanol–water partition coefficient (Wildman–Crippen LogP) is 4.35. The third-order valence-electron chi connectivity index (χ3n) is 4.22. The Labute approximate surface area is 142 Å². The minimum atomic E-state index is -0.695. The van der Waals surface area contributed by atoms with E-state index in [0.717, 1.165) is 21.9 Å². The number of nitrogens with two attached hydrogens (primary N) is 1. The molecule has 3 nitrogen and oxygen atoms in total. The molecule has 0 aromatic heterocycles. The Bertz CT molecular complexity index is 884. The molecule has 3 N–H and O–H groups in total. The molecule has 0 radical (unpaired) electrons. The smallest absolute Gasteiger partial charge is 0.104 e. The maximum Gasteiger partial charge on any atom is 0.104 e. The number of anilines is 1. The second kappa shape index (κ2) is 6.46. The Morgan fingerprint density at radius 1 is 0.958 bits per heavy atom. The number of fused-ring (bicyclic) bond motifs is 1. The molecule has 0 spiro atoms. The lowest BCUT2D eigenvalue weighted by atomic mass is 9.90. The molecule has 0 saturated carbocycles. The molecule has 0 aliphatic heterocycles. The topological polar surface area (TPSA) is 58.6 Å². The van der Waals surface area contributed by atoms with Gasteiger partial charge in [0.15, 0.2) is 0 Å². The van der Waals surface area contributed by atoms with Crippen molar-refractivity contribution in [2.75, 3.05) is 5.73 Å². The molecule has 1 atom stereocenters. The highest BCUT2D eigenvalue weighted by Crippen LogP contribution is 2.30. The molecule has 3 aromatic rings. The third-order valence-corrected chi connectivity index (χ3v) is 4.22. The fraction of sp³-hybridized carbons (Fsp3) is 0.190. The number of rotatable bonds is 4. The predicted molar refractivity (Wildman–Crippen MR) is 101 cm³/mol. The largest absolute Gasteiger partial charge is 0.399 e. The fourth-order valence-corrected chi connectivity index (χ4v) is 2.74. The second-order valence-corrected chi connectivity index (χ2v) is 6.59. The zero-order chi connectivity index (χ0) is 17.2. The maximum atomic E-state index is 10.8. The molecule has 0 saturated heterocycles. The Morgan fingerprint density at radius 3 is 2.46 bits per heavy atom. The molecule has 3 aromatic carbocycles. The van der Waals surface area contributed by atoms with E-state index in [1.165, 1.54) is 0 Å². The van der Waals surface area contributed by atoms with Crippen LogP contribution in [0, 0.1) is 0 Å². The van der Waals surface area contributed by atoms with E-state index in [1.807, 2.05) is 68.4 Å². The normalized spacial score (nSPS) is 13.5. The van der Waals surface area contributed by atoms with Crippen LogP contribution in [0.15, 0.2) is 71.7 Å². The number of nitrogen functional groups attached to an aromatic ring is 1. The quantitative estimate of drug-likeness (QED) is 0.555. The maximum absolute atomic E-state index is 10.8. The number of aliphatic hydroxyl groups is 1. The number of nitrogens with zero attached hydrogens (tertiary/aromatic N) is 1. The first-order chi connectivity index (χ1) is 11.5. The van der Waals surface area contributed by atoms with Crippen molar-refractivity contribution in [2.24, 2.45) is 4.99 Å². The molecule has 1 unspecified atom stereocenters. The van der Waals surface area contributed by atoms with Gasteiger partial charge in [-0.15, -0.1) is 0 Å². The molecule has 0 bridgehead atoms. The van der Waals surface area contributed by atoms with Crippen LogP contribution in [0.4, 0.5) is 5.69 Å². The van der Waals surface area contributed by atoms with Gasteiger partial charge in [0.05, 0.1) is 5.54 Å². The van der Waals surface area contributed by atoms with Crippen LogP contribution in [0.2, 0.25) is 0 Å². The lowest BCUT2D eigenvalue weighted by Gasteiger charge is -2.27. The molecular formula is C21H22N2O. The van der Waals surface area contributed by atoms with Crippen LogP contribution in [0.1, 0.15) is 31.1 Å². The van der Waals surface area contributed by atoms with Gasteiger partial charge in [0.2, 0.25) is 0 Å². The minimum absolute atomic E-state index is 0.646. The summed E-state index contributed by atoms with van der Waals surface area (Å²) in [5, 5.41) is 13.1. The van der Waals surface area contributed by atoms with Gasteiger partial charge in [0.1, 0.15) is 6.10 Å². The second-order valence-electron chi connectivity index (χ2n) is 6.59. The van der Waals surface area contributed by atoms with Crippen molar-refractivity contribution in [1.82, 2.24) is 0 Å². The van der Waals surface area contributed by atoms with Gasteiger partial charge in [0, 0.05) is 11.9 Å². The van der Waals surface area contributed by atoms with E-state index in [9.17, 15) is 5.11 Å². The highest BCUT2D eigenvalue weighted by Gasteiger charge is 2.28. The highest BCUT2D eigenvalue weighted by atomic mass is 16.3. The van der Waals surface area contributed by atoms with E-state index in [-0.39, 0.29) is 0 Å². The van der Waals surface area contributed by atoms with Gasteiger partial charge < -0.3 is 10.8 Å². The van der Waals surface area contributed by atoms with Crippen molar-refractivity contribution < 1.29 is 5.11 Å². The molecular weight excluding hydrogens is 296 g/mol. The Morgan fingerprint density at radius 2 is 1.71 bits per heavy atom. The van der Waals surface area contributed by atoms with Gasteiger partial charge >= 0.3 is 0 Å². The number of aliphatic hydroxyl groups excluding tert-OH is 1. The Hall–Kier alpha value is -2.65. The van der Waals surface area contributed by atoms with Crippen molar-refractivity contribution in [3.05, 3.63) is 77.9 Å². The van der Waals surface area contributed by atoms with E-state index >= 15 is 0 Å². The van der Waals surface area contributed by atoms with Crippen molar-refractivity contribution in [3.63, 3.8) is 0 Å². The van der Waals surface area contributed by atoms with Crippen molar-refractivity contribution >= 4 is 22.7 Å². The first-order valence-corrected chi connectivity index (χ1v) is 8.03. The lowest BCUT2D eigenvalue weighted by molar-refractivity contribution is 0.106. The summed E-state index contributed by atoms with van der Waals surface area (Å²) in [7, 11) is 0. The molecule has 0 aliphatic rings. The van der Waals surface area contributed by atoms with E-state index in [4.69, 9.17) is 5.73 Å². The van der Waals surface area contributed by atoms with Crippen LogP contribution in [-0.4, -0.2) is 16.9 Å². The number of benzene rings is 3. The summed E-state index contributed by atoms with van der Waals surface area (Å²) >= 11 is 0.